The molecular weight excluding hydrogens is 395 g/mol. The lowest BCUT2D eigenvalue weighted by Crippen LogP contribution is -2.66. The minimum absolute atomic E-state index is 0.0273. The predicted octanol–water partition coefficient (Wildman–Crippen LogP) is 4.66. The van der Waals surface area contributed by atoms with Crippen LogP contribution in [-0.4, -0.2) is 40.3 Å². The number of halogens is 5. The number of ketones is 1. The van der Waals surface area contributed by atoms with Crippen molar-refractivity contribution >= 4 is 5.78 Å². The Labute approximate surface area is 166 Å². The van der Waals surface area contributed by atoms with Gasteiger partial charge in [0.15, 0.2) is 5.78 Å². The van der Waals surface area contributed by atoms with E-state index in [2.05, 4.69) is 6.92 Å². The van der Waals surface area contributed by atoms with Gasteiger partial charge in [0.25, 0.3) is 0 Å². The highest BCUT2D eigenvalue weighted by atomic mass is 19.4. The van der Waals surface area contributed by atoms with Crippen LogP contribution in [0.25, 0.3) is 0 Å². The molecule has 0 aromatic heterocycles. The summed E-state index contributed by atoms with van der Waals surface area (Å²) in [4.78, 5) is 12.2. The molecule has 1 saturated heterocycles. The van der Waals surface area contributed by atoms with Crippen molar-refractivity contribution in [2.24, 2.45) is 28.6 Å². The smallest absolute Gasteiger partial charge is 0.383 e. The van der Waals surface area contributed by atoms with Crippen molar-refractivity contribution in [3.05, 3.63) is 0 Å². The van der Waals surface area contributed by atoms with Crippen LogP contribution in [0, 0.1) is 28.6 Å². The zero-order valence-electron chi connectivity index (χ0n) is 16.6. The SMILES string of the molecule is C[C@]12CC[C@H]3[C@@H](CCC45OC4C(=O)CC[C@]35C)[C@@H]1CCC2(O)C(F)(F)C(F)(F)F. The number of carbonyl (C=O) groups is 1. The molecule has 29 heavy (non-hydrogen) atoms. The van der Waals surface area contributed by atoms with Crippen LogP contribution in [0.4, 0.5) is 22.0 Å². The van der Waals surface area contributed by atoms with E-state index in [1.54, 1.807) is 0 Å². The van der Waals surface area contributed by atoms with Crippen LogP contribution in [0.2, 0.25) is 0 Å². The Morgan fingerprint density at radius 1 is 0.931 bits per heavy atom. The lowest BCUT2D eigenvalue weighted by atomic mass is 9.44. The number of fused-ring (bicyclic) bond motifs is 4. The molecular formula is C21H27F5O3. The van der Waals surface area contributed by atoms with Gasteiger partial charge >= 0.3 is 12.1 Å². The molecule has 4 saturated carbocycles. The van der Waals surface area contributed by atoms with Crippen LogP contribution in [0.3, 0.4) is 0 Å². The Balaban J connectivity index is 1.49. The molecule has 8 heteroatoms. The third-order valence-electron chi connectivity index (χ3n) is 9.98. The molecule has 4 aliphatic carbocycles. The first-order chi connectivity index (χ1) is 13.3. The lowest BCUT2D eigenvalue weighted by molar-refractivity contribution is -0.364. The van der Waals surface area contributed by atoms with E-state index in [1.807, 2.05) is 0 Å². The number of hydrogen-bond acceptors (Lipinski definition) is 3. The molecule has 5 fully saturated rings. The summed E-state index contributed by atoms with van der Waals surface area (Å²) in [6, 6.07) is 0. The molecule has 1 heterocycles. The fourth-order valence-corrected chi connectivity index (χ4v) is 8.26. The van der Waals surface area contributed by atoms with Crippen LogP contribution >= 0.6 is 0 Å². The van der Waals surface area contributed by atoms with Gasteiger partial charge in [-0.05, 0) is 62.7 Å². The first-order valence-corrected chi connectivity index (χ1v) is 10.6. The Kier molecular flexibility index (Phi) is 3.72. The van der Waals surface area contributed by atoms with Gasteiger partial charge in [0.05, 0.1) is 0 Å². The van der Waals surface area contributed by atoms with E-state index in [0.717, 1.165) is 0 Å². The van der Waals surface area contributed by atoms with Crippen LogP contribution in [0.5, 0.6) is 0 Å². The quantitative estimate of drug-likeness (QED) is 0.494. The van der Waals surface area contributed by atoms with Gasteiger partial charge in [0.1, 0.15) is 17.3 Å². The van der Waals surface area contributed by atoms with E-state index in [0.29, 0.717) is 32.1 Å². The van der Waals surface area contributed by atoms with E-state index in [4.69, 9.17) is 4.74 Å². The second-order valence-corrected chi connectivity index (χ2v) is 10.6. The zero-order chi connectivity index (χ0) is 21.3. The number of ether oxygens (including phenoxy) is 1. The summed E-state index contributed by atoms with van der Waals surface area (Å²) in [5, 5.41) is 10.9. The van der Waals surface area contributed by atoms with Crippen LogP contribution in [-0.2, 0) is 9.53 Å². The highest BCUT2D eigenvalue weighted by Crippen LogP contribution is 2.74. The van der Waals surface area contributed by atoms with Gasteiger partial charge in [-0.25, -0.2) is 0 Å². The number of Topliss-reactive ketones (excluding diaryl/α,β-unsaturated/α-hetero) is 1. The molecule has 5 aliphatic rings. The molecule has 0 aromatic carbocycles. The number of hydrogen-bond donors (Lipinski definition) is 1. The van der Waals surface area contributed by atoms with Crippen molar-refractivity contribution in [1.82, 2.24) is 0 Å². The van der Waals surface area contributed by atoms with E-state index in [9.17, 15) is 31.9 Å². The highest BCUT2D eigenvalue weighted by Gasteiger charge is 2.81. The molecule has 1 N–H and O–H groups in total. The average Bonchev–Trinajstić information content (AvgIpc) is 3.31. The molecule has 0 radical (unpaired) electrons. The molecule has 3 unspecified atom stereocenters. The minimum Gasteiger partial charge on any atom is -0.383 e. The number of aliphatic hydroxyl groups is 1. The predicted molar refractivity (Wildman–Crippen MR) is 92.2 cm³/mol. The molecule has 0 aromatic rings. The molecule has 5 rings (SSSR count). The third kappa shape index (κ3) is 2.04. The van der Waals surface area contributed by atoms with Gasteiger partial charge in [-0.3, -0.25) is 4.79 Å². The monoisotopic (exact) mass is 422 g/mol. The summed E-state index contributed by atoms with van der Waals surface area (Å²) in [7, 11) is 0. The van der Waals surface area contributed by atoms with E-state index < -0.39 is 35.1 Å². The summed E-state index contributed by atoms with van der Waals surface area (Å²) in [5.41, 5.74) is -5.29. The first kappa shape index (κ1) is 20.2. The van der Waals surface area contributed by atoms with Crippen molar-refractivity contribution in [3.8, 4) is 0 Å². The average molecular weight is 422 g/mol. The van der Waals surface area contributed by atoms with Gasteiger partial charge in [-0.1, -0.05) is 13.8 Å². The second kappa shape index (κ2) is 5.34. The maximum Gasteiger partial charge on any atom is 0.456 e. The lowest BCUT2D eigenvalue weighted by Gasteiger charge is -2.60. The fraction of sp³-hybridized carbons (Fsp3) is 0.952. The first-order valence-electron chi connectivity index (χ1n) is 10.6. The largest absolute Gasteiger partial charge is 0.456 e. The molecule has 8 atom stereocenters. The van der Waals surface area contributed by atoms with Crippen molar-refractivity contribution < 1.29 is 36.6 Å². The van der Waals surface area contributed by atoms with Crippen molar-refractivity contribution in [3.63, 3.8) is 0 Å². The summed E-state index contributed by atoms with van der Waals surface area (Å²) in [5.74, 6) is -5.31. The second-order valence-electron chi connectivity index (χ2n) is 10.6. The van der Waals surface area contributed by atoms with Crippen molar-refractivity contribution in [2.75, 3.05) is 0 Å². The normalized spacial score (nSPS) is 54.3. The fourth-order valence-electron chi connectivity index (χ4n) is 8.26. The van der Waals surface area contributed by atoms with Crippen LogP contribution in [0.1, 0.15) is 65.2 Å². The van der Waals surface area contributed by atoms with Crippen LogP contribution in [0.15, 0.2) is 0 Å². The Bertz CT molecular complexity index is 768. The number of rotatable bonds is 1. The maximum absolute atomic E-state index is 14.5. The van der Waals surface area contributed by atoms with E-state index >= 15 is 0 Å². The highest BCUT2D eigenvalue weighted by molar-refractivity contribution is 5.88. The topological polar surface area (TPSA) is 49.8 Å². The Hall–Kier alpha value is -0.760. The van der Waals surface area contributed by atoms with Gasteiger partial charge in [-0.2, -0.15) is 22.0 Å². The van der Waals surface area contributed by atoms with E-state index in [-0.39, 0.29) is 47.9 Å². The Morgan fingerprint density at radius 3 is 2.21 bits per heavy atom. The van der Waals surface area contributed by atoms with Gasteiger partial charge in [-0.15, -0.1) is 0 Å². The number of carbonyl (C=O) groups excluding carboxylic acids is 1. The molecule has 0 bridgehead atoms. The third-order valence-corrected chi connectivity index (χ3v) is 9.98. The molecule has 3 nitrogen and oxygen atoms in total. The molecule has 164 valence electrons. The van der Waals surface area contributed by atoms with Crippen LogP contribution < -0.4 is 0 Å². The van der Waals surface area contributed by atoms with Crippen molar-refractivity contribution in [2.45, 2.75) is 94.6 Å². The summed E-state index contributed by atoms with van der Waals surface area (Å²) in [6.45, 7) is 3.55. The van der Waals surface area contributed by atoms with Gasteiger partial charge in [0, 0.05) is 17.3 Å². The maximum atomic E-state index is 14.5. The standard InChI is InChI=1S/C21H27F5O3/c1-16-8-6-14(27)15-18(16,29-15)9-3-11-12(16)4-7-17(2)13(11)5-10-19(17,28)20(22,23)21(24,25)26/h11-13,15,28H,3-10H2,1-2H3/t11-,12+,13+,15?,16-,17+,18?,19?/m1/s1. The van der Waals surface area contributed by atoms with E-state index in [1.165, 1.54) is 6.92 Å². The van der Waals surface area contributed by atoms with Crippen molar-refractivity contribution in [1.29, 1.82) is 0 Å². The molecule has 1 aliphatic heterocycles. The molecule has 0 amide bonds. The summed E-state index contributed by atoms with van der Waals surface area (Å²) >= 11 is 0. The summed E-state index contributed by atoms with van der Waals surface area (Å²) < 4.78 is 74.5. The number of epoxide rings is 1. The molecule has 1 spiro atoms. The van der Waals surface area contributed by atoms with Gasteiger partial charge < -0.3 is 9.84 Å². The number of alkyl halides is 5. The summed E-state index contributed by atoms with van der Waals surface area (Å²) in [6.07, 6.45) is -3.50. The Morgan fingerprint density at radius 2 is 1.55 bits per heavy atom. The van der Waals surface area contributed by atoms with Gasteiger partial charge in [0.2, 0.25) is 0 Å². The zero-order valence-corrected chi connectivity index (χ0v) is 16.6. The minimum atomic E-state index is -5.78.